The summed E-state index contributed by atoms with van der Waals surface area (Å²) in [6.07, 6.45) is 10.4. The van der Waals surface area contributed by atoms with Gasteiger partial charge in [0.25, 0.3) is 0 Å². The quantitative estimate of drug-likeness (QED) is 0.845. The van der Waals surface area contributed by atoms with Gasteiger partial charge in [0.15, 0.2) is 0 Å². The molecule has 1 aromatic rings. The van der Waals surface area contributed by atoms with E-state index in [1.807, 2.05) is 0 Å². The lowest BCUT2D eigenvalue weighted by atomic mass is 9.98. The van der Waals surface area contributed by atoms with E-state index in [0.717, 1.165) is 25.3 Å². The van der Waals surface area contributed by atoms with Gasteiger partial charge in [0.2, 0.25) is 0 Å². The van der Waals surface area contributed by atoms with Crippen molar-refractivity contribution in [3.05, 3.63) is 22.8 Å². The Bertz CT molecular complexity index is 434. The average Bonchev–Trinajstić information content (AvgIpc) is 2.72. The number of aryl methyl sites for hydroxylation is 1. The molecule has 0 atom stereocenters. The summed E-state index contributed by atoms with van der Waals surface area (Å²) in [6.45, 7) is 4.14. The monoisotopic (exact) mass is 259 g/mol. The standard InChI is InChI=1S/C16H25N3/c1-2-7-14-13-10-17-11-15(13)19-16(18-14)12-8-5-3-4-6-9-12/h12,17H,2-11H2,1H3. The Morgan fingerprint density at radius 1 is 1.05 bits per heavy atom. The lowest BCUT2D eigenvalue weighted by molar-refractivity contribution is 0.553. The van der Waals surface area contributed by atoms with Gasteiger partial charge >= 0.3 is 0 Å². The molecule has 2 heterocycles. The molecule has 0 radical (unpaired) electrons. The Hall–Kier alpha value is -0.960. The number of nitrogens with one attached hydrogen (secondary N) is 1. The second kappa shape index (κ2) is 6.00. The van der Waals surface area contributed by atoms with Crippen molar-refractivity contribution in [1.82, 2.24) is 15.3 Å². The SMILES string of the molecule is CCCc1nc(C2CCCCCC2)nc2c1CNC2. The molecule has 0 aromatic carbocycles. The number of hydrogen-bond donors (Lipinski definition) is 1. The van der Waals surface area contributed by atoms with Crippen LogP contribution in [0.1, 0.15) is 80.6 Å². The Kier molecular flexibility index (Phi) is 4.12. The predicted octanol–water partition coefficient (Wildman–Crippen LogP) is 3.47. The van der Waals surface area contributed by atoms with Crippen molar-refractivity contribution < 1.29 is 0 Å². The molecular formula is C16H25N3. The summed E-state index contributed by atoms with van der Waals surface area (Å²) in [5.74, 6) is 1.76. The first-order chi connectivity index (χ1) is 9.38. The number of rotatable bonds is 3. The molecule has 19 heavy (non-hydrogen) atoms. The van der Waals surface area contributed by atoms with Crippen LogP contribution in [0.5, 0.6) is 0 Å². The van der Waals surface area contributed by atoms with E-state index in [1.165, 1.54) is 61.9 Å². The third-order valence-electron chi connectivity index (χ3n) is 4.50. The molecule has 3 nitrogen and oxygen atoms in total. The maximum atomic E-state index is 4.95. The third kappa shape index (κ3) is 2.81. The highest BCUT2D eigenvalue weighted by Gasteiger charge is 2.23. The van der Waals surface area contributed by atoms with Gasteiger partial charge in [0, 0.05) is 30.3 Å². The van der Waals surface area contributed by atoms with Crippen LogP contribution >= 0.6 is 0 Å². The maximum absolute atomic E-state index is 4.95. The van der Waals surface area contributed by atoms with E-state index in [9.17, 15) is 0 Å². The van der Waals surface area contributed by atoms with Gasteiger partial charge in [-0.15, -0.1) is 0 Å². The normalized spacial score (nSPS) is 20.3. The van der Waals surface area contributed by atoms with Gasteiger partial charge in [0.1, 0.15) is 5.82 Å². The van der Waals surface area contributed by atoms with E-state index in [4.69, 9.17) is 9.97 Å². The number of nitrogens with zero attached hydrogens (tertiary/aromatic N) is 2. The van der Waals surface area contributed by atoms with E-state index in [2.05, 4.69) is 12.2 Å². The highest BCUT2D eigenvalue weighted by atomic mass is 15.0. The van der Waals surface area contributed by atoms with Crippen LogP contribution in [0.4, 0.5) is 0 Å². The van der Waals surface area contributed by atoms with Gasteiger partial charge in [-0.1, -0.05) is 39.0 Å². The summed E-state index contributed by atoms with van der Waals surface area (Å²) >= 11 is 0. The minimum absolute atomic E-state index is 0.615. The van der Waals surface area contributed by atoms with Gasteiger partial charge in [-0.3, -0.25) is 0 Å². The Morgan fingerprint density at radius 2 is 1.84 bits per heavy atom. The van der Waals surface area contributed by atoms with Crippen molar-refractivity contribution in [1.29, 1.82) is 0 Å². The minimum Gasteiger partial charge on any atom is -0.307 e. The summed E-state index contributed by atoms with van der Waals surface area (Å²) in [5, 5.41) is 3.43. The fourth-order valence-electron chi connectivity index (χ4n) is 3.42. The van der Waals surface area contributed by atoms with Crippen LogP contribution in [0.2, 0.25) is 0 Å². The molecule has 104 valence electrons. The molecule has 1 fully saturated rings. The molecule has 1 aliphatic carbocycles. The second-order valence-electron chi connectivity index (χ2n) is 6.00. The average molecular weight is 259 g/mol. The smallest absolute Gasteiger partial charge is 0.132 e. The minimum atomic E-state index is 0.615. The number of hydrogen-bond acceptors (Lipinski definition) is 3. The van der Waals surface area contributed by atoms with Crippen molar-refractivity contribution in [3.63, 3.8) is 0 Å². The van der Waals surface area contributed by atoms with Gasteiger partial charge < -0.3 is 5.32 Å². The zero-order chi connectivity index (χ0) is 13.1. The molecule has 1 saturated carbocycles. The van der Waals surface area contributed by atoms with E-state index in [-0.39, 0.29) is 0 Å². The lowest BCUT2D eigenvalue weighted by Gasteiger charge is -2.15. The van der Waals surface area contributed by atoms with Gasteiger partial charge in [-0.2, -0.15) is 0 Å². The van der Waals surface area contributed by atoms with E-state index < -0.39 is 0 Å². The van der Waals surface area contributed by atoms with Gasteiger partial charge in [-0.05, 0) is 19.3 Å². The van der Waals surface area contributed by atoms with E-state index in [1.54, 1.807) is 0 Å². The molecule has 2 aliphatic rings. The molecule has 3 rings (SSSR count). The third-order valence-corrected chi connectivity index (χ3v) is 4.50. The molecule has 3 heteroatoms. The first-order valence-corrected chi connectivity index (χ1v) is 7.97. The van der Waals surface area contributed by atoms with Gasteiger partial charge in [-0.25, -0.2) is 9.97 Å². The molecule has 0 spiro atoms. The largest absolute Gasteiger partial charge is 0.307 e. The summed E-state index contributed by atoms with van der Waals surface area (Å²) in [6, 6.07) is 0. The predicted molar refractivity (Wildman–Crippen MR) is 77.0 cm³/mol. The van der Waals surface area contributed by atoms with Crippen LogP contribution in [0.25, 0.3) is 0 Å². The van der Waals surface area contributed by atoms with Crippen LogP contribution in [0, 0.1) is 0 Å². The number of fused-ring (bicyclic) bond motifs is 1. The van der Waals surface area contributed by atoms with Crippen LogP contribution in [-0.4, -0.2) is 9.97 Å². The van der Waals surface area contributed by atoms with Crippen molar-refractivity contribution in [3.8, 4) is 0 Å². The molecule has 0 unspecified atom stereocenters. The van der Waals surface area contributed by atoms with Crippen molar-refractivity contribution in [2.45, 2.75) is 77.3 Å². The molecule has 0 amide bonds. The Labute approximate surface area is 116 Å². The van der Waals surface area contributed by atoms with Crippen molar-refractivity contribution in [2.24, 2.45) is 0 Å². The van der Waals surface area contributed by atoms with Crippen molar-refractivity contribution in [2.75, 3.05) is 0 Å². The van der Waals surface area contributed by atoms with E-state index >= 15 is 0 Å². The Balaban J connectivity index is 1.90. The summed E-state index contributed by atoms with van der Waals surface area (Å²) in [5.41, 5.74) is 3.98. The topological polar surface area (TPSA) is 37.8 Å². The second-order valence-corrected chi connectivity index (χ2v) is 6.00. The fourth-order valence-corrected chi connectivity index (χ4v) is 3.42. The van der Waals surface area contributed by atoms with Crippen LogP contribution in [-0.2, 0) is 19.5 Å². The summed E-state index contributed by atoms with van der Waals surface area (Å²) in [4.78, 5) is 9.84. The molecule has 1 aliphatic heterocycles. The van der Waals surface area contributed by atoms with E-state index in [0.29, 0.717) is 5.92 Å². The zero-order valence-corrected chi connectivity index (χ0v) is 12.0. The van der Waals surface area contributed by atoms with Crippen LogP contribution < -0.4 is 5.32 Å². The number of aromatic nitrogens is 2. The van der Waals surface area contributed by atoms with Gasteiger partial charge in [0.05, 0.1) is 5.69 Å². The highest BCUT2D eigenvalue weighted by Crippen LogP contribution is 2.31. The highest BCUT2D eigenvalue weighted by molar-refractivity contribution is 5.30. The summed E-state index contributed by atoms with van der Waals surface area (Å²) in [7, 11) is 0. The molecule has 1 N–H and O–H groups in total. The first-order valence-electron chi connectivity index (χ1n) is 7.97. The zero-order valence-electron chi connectivity index (χ0n) is 12.0. The first kappa shape index (κ1) is 13.0. The van der Waals surface area contributed by atoms with Crippen LogP contribution in [0.3, 0.4) is 0 Å². The maximum Gasteiger partial charge on any atom is 0.132 e. The molecule has 1 aromatic heterocycles. The Morgan fingerprint density at radius 3 is 2.58 bits per heavy atom. The van der Waals surface area contributed by atoms with Crippen LogP contribution in [0.15, 0.2) is 0 Å². The molecule has 0 bridgehead atoms. The molecular weight excluding hydrogens is 234 g/mol. The summed E-state index contributed by atoms with van der Waals surface area (Å²) < 4.78 is 0. The fraction of sp³-hybridized carbons (Fsp3) is 0.750. The molecule has 0 saturated heterocycles. The van der Waals surface area contributed by atoms with Crippen molar-refractivity contribution >= 4 is 0 Å². The lowest BCUT2D eigenvalue weighted by Crippen LogP contribution is -2.10.